The van der Waals surface area contributed by atoms with Crippen LogP contribution in [0.3, 0.4) is 0 Å². The monoisotopic (exact) mass is 321 g/mol. The van der Waals surface area contributed by atoms with Crippen molar-refractivity contribution < 1.29 is 4.74 Å². The summed E-state index contributed by atoms with van der Waals surface area (Å²) in [5.74, 6) is 1.91. The van der Waals surface area contributed by atoms with Crippen LogP contribution in [0, 0.1) is 6.92 Å². The fourth-order valence-corrected chi connectivity index (χ4v) is 3.06. The first-order chi connectivity index (χ1) is 10.8. The molecule has 122 valence electrons. The van der Waals surface area contributed by atoms with Crippen LogP contribution in [0.15, 0.2) is 34.2 Å². The molecule has 1 unspecified atom stereocenters. The van der Waals surface area contributed by atoms with E-state index in [1.807, 2.05) is 11.8 Å². The number of rotatable bonds is 7. The van der Waals surface area contributed by atoms with Gasteiger partial charge in [-0.05, 0) is 38.8 Å². The fourth-order valence-electron chi connectivity index (χ4n) is 2.30. The number of guanidine groups is 1. The topological polar surface area (TPSA) is 45.7 Å². The maximum atomic E-state index is 5.61. The van der Waals surface area contributed by atoms with E-state index in [1.165, 1.54) is 10.5 Å². The first kappa shape index (κ1) is 17.2. The summed E-state index contributed by atoms with van der Waals surface area (Å²) in [4.78, 5) is 5.93. The zero-order chi connectivity index (χ0) is 15.6. The minimum absolute atomic E-state index is 0.303. The Kier molecular flexibility index (Phi) is 7.60. The highest BCUT2D eigenvalue weighted by Crippen LogP contribution is 2.17. The highest BCUT2D eigenvalue weighted by atomic mass is 32.2. The first-order valence-corrected chi connectivity index (χ1v) is 9.09. The van der Waals surface area contributed by atoms with E-state index in [-0.39, 0.29) is 0 Å². The maximum Gasteiger partial charge on any atom is 0.191 e. The third-order valence-electron chi connectivity index (χ3n) is 3.51. The van der Waals surface area contributed by atoms with Gasteiger partial charge in [0.1, 0.15) is 0 Å². The Morgan fingerprint density at radius 1 is 1.32 bits per heavy atom. The van der Waals surface area contributed by atoms with Crippen LogP contribution in [-0.4, -0.2) is 44.1 Å². The van der Waals surface area contributed by atoms with Crippen LogP contribution in [0.5, 0.6) is 0 Å². The molecule has 4 nitrogen and oxygen atoms in total. The van der Waals surface area contributed by atoms with E-state index >= 15 is 0 Å². The Bertz CT molecular complexity index is 455. The SMILES string of the molecule is CCNC(=NCC1CCCO1)NCCSc1ccc(C)cc1. The lowest BCUT2D eigenvalue weighted by atomic mass is 10.2. The molecule has 0 bridgehead atoms. The summed E-state index contributed by atoms with van der Waals surface area (Å²) in [6.07, 6.45) is 2.60. The van der Waals surface area contributed by atoms with E-state index in [2.05, 4.69) is 53.7 Å². The van der Waals surface area contributed by atoms with E-state index in [1.54, 1.807) is 0 Å². The van der Waals surface area contributed by atoms with Gasteiger partial charge in [-0.1, -0.05) is 17.7 Å². The van der Waals surface area contributed by atoms with Crippen molar-refractivity contribution in [2.24, 2.45) is 4.99 Å². The standard InChI is InChI=1S/C17H27N3OS/c1-3-18-17(20-13-15-5-4-11-21-15)19-10-12-22-16-8-6-14(2)7-9-16/h6-9,15H,3-5,10-13H2,1-2H3,(H2,18,19,20). The first-order valence-electron chi connectivity index (χ1n) is 8.11. The normalized spacial score (nSPS) is 18.5. The number of nitrogens with one attached hydrogen (secondary N) is 2. The summed E-state index contributed by atoms with van der Waals surface area (Å²) in [6.45, 7) is 7.61. The number of aryl methyl sites for hydroxylation is 1. The average Bonchev–Trinajstić information content (AvgIpc) is 3.04. The maximum absolute atomic E-state index is 5.61. The second kappa shape index (κ2) is 9.74. The number of hydrogen-bond donors (Lipinski definition) is 2. The van der Waals surface area contributed by atoms with Gasteiger partial charge in [-0.25, -0.2) is 0 Å². The number of aliphatic imine (C=N–C) groups is 1. The van der Waals surface area contributed by atoms with Crippen LogP contribution in [0.25, 0.3) is 0 Å². The van der Waals surface area contributed by atoms with Crippen LogP contribution < -0.4 is 10.6 Å². The minimum Gasteiger partial charge on any atom is -0.376 e. The molecule has 1 fully saturated rings. The summed E-state index contributed by atoms with van der Waals surface area (Å²) >= 11 is 1.86. The smallest absolute Gasteiger partial charge is 0.191 e. The largest absolute Gasteiger partial charge is 0.376 e. The van der Waals surface area contributed by atoms with Gasteiger partial charge in [0.25, 0.3) is 0 Å². The number of benzene rings is 1. The van der Waals surface area contributed by atoms with E-state index in [0.29, 0.717) is 6.10 Å². The van der Waals surface area contributed by atoms with Crippen LogP contribution in [0.4, 0.5) is 0 Å². The molecule has 0 aliphatic carbocycles. The second-order valence-corrected chi connectivity index (χ2v) is 6.61. The molecule has 0 aromatic heterocycles. The third-order valence-corrected chi connectivity index (χ3v) is 4.52. The van der Waals surface area contributed by atoms with Crippen molar-refractivity contribution in [3.05, 3.63) is 29.8 Å². The van der Waals surface area contributed by atoms with Gasteiger partial charge in [-0.15, -0.1) is 11.8 Å². The summed E-state index contributed by atoms with van der Waals surface area (Å²) in [7, 11) is 0. The van der Waals surface area contributed by atoms with Gasteiger partial charge in [0.2, 0.25) is 0 Å². The van der Waals surface area contributed by atoms with E-state index in [0.717, 1.165) is 50.8 Å². The minimum atomic E-state index is 0.303. The lowest BCUT2D eigenvalue weighted by Gasteiger charge is -2.12. The molecular weight excluding hydrogens is 294 g/mol. The van der Waals surface area contributed by atoms with Crippen molar-refractivity contribution in [2.75, 3.05) is 32.0 Å². The molecule has 0 radical (unpaired) electrons. The number of thioether (sulfide) groups is 1. The lowest BCUT2D eigenvalue weighted by molar-refractivity contribution is 0.117. The second-order valence-electron chi connectivity index (χ2n) is 5.44. The van der Waals surface area contributed by atoms with Gasteiger partial charge >= 0.3 is 0 Å². The predicted octanol–water partition coefficient (Wildman–Crippen LogP) is 2.82. The zero-order valence-electron chi connectivity index (χ0n) is 13.6. The molecule has 1 saturated heterocycles. The molecule has 1 heterocycles. The van der Waals surface area contributed by atoms with E-state index < -0.39 is 0 Å². The van der Waals surface area contributed by atoms with Gasteiger partial charge in [0.05, 0.1) is 12.6 Å². The number of nitrogens with zero attached hydrogens (tertiary/aromatic N) is 1. The van der Waals surface area contributed by atoms with Gasteiger partial charge in [-0.2, -0.15) is 0 Å². The van der Waals surface area contributed by atoms with Crippen LogP contribution in [0.1, 0.15) is 25.3 Å². The van der Waals surface area contributed by atoms with Crippen LogP contribution in [0.2, 0.25) is 0 Å². The molecule has 1 aliphatic rings. The predicted molar refractivity (Wildman–Crippen MR) is 94.9 cm³/mol. The number of hydrogen-bond acceptors (Lipinski definition) is 3. The van der Waals surface area contributed by atoms with E-state index in [9.17, 15) is 0 Å². The zero-order valence-corrected chi connectivity index (χ0v) is 14.4. The Morgan fingerprint density at radius 3 is 2.82 bits per heavy atom. The Morgan fingerprint density at radius 2 is 2.14 bits per heavy atom. The van der Waals surface area contributed by atoms with Gasteiger partial charge < -0.3 is 15.4 Å². The molecule has 0 spiro atoms. The molecule has 0 saturated carbocycles. The summed E-state index contributed by atoms with van der Waals surface area (Å²) < 4.78 is 5.61. The third kappa shape index (κ3) is 6.28. The van der Waals surface area contributed by atoms with Crippen LogP contribution in [-0.2, 0) is 4.74 Å². The molecule has 5 heteroatoms. The molecule has 1 aliphatic heterocycles. The molecule has 22 heavy (non-hydrogen) atoms. The molecule has 2 N–H and O–H groups in total. The van der Waals surface area contributed by atoms with Crippen molar-refractivity contribution in [1.82, 2.24) is 10.6 Å². The van der Waals surface area contributed by atoms with Gasteiger partial charge in [-0.3, -0.25) is 4.99 Å². The van der Waals surface area contributed by atoms with Crippen molar-refractivity contribution >= 4 is 17.7 Å². The molecule has 1 atom stereocenters. The van der Waals surface area contributed by atoms with Crippen molar-refractivity contribution in [2.45, 2.75) is 37.7 Å². The highest BCUT2D eigenvalue weighted by Gasteiger charge is 2.14. The fraction of sp³-hybridized carbons (Fsp3) is 0.588. The Hall–Kier alpha value is -1.20. The molecule has 1 aromatic rings. The van der Waals surface area contributed by atoms with Crippen LogP contribution >= 0.6 is 11.8 Å². The molecular formula is C17H27N3OS. The molecule has 0 amide bonds. The summed E-state index contributed by atoms with van der Waals surface area (Å²) in [6, 6.07) is 8.67. The molecule has 2 rings (SSSR count). The highest BCUT2D eigenvalue weighted by molar-refractivity contribution is 7.99. The van der Waals surface area contributed by atoms with Gasteiger partial charge in [0, 0.05) is 30.3 Å². The lowest BCUT2D eigenvalue weighted by Crippen LogP contribution is -2.39. The van der Waals surface area contributed by atoms with Gasteiger partial charge in [0.15, 0.2) is 5.96 Å². The summed E-state index contributed by atoms with van der Waals surface area (Å²) in [5.41, 5.74) is 1.30. The summed E-state index contributed by atoms with van der Waals surface area (Å²) in [5, 5.41) is 6.68. The Labute approximate surface area is 138 Å². The quantitative estimate of drug-likeness (QED) is 0.351. The van der Waals surface area contributed by atoms with Crippen molar-refractivity contribution in [3.8, 4) is 0 Å². The average molecular weight is 321 g/mol. The van der Waals surface area contributed by atoms with E-state index in [4.69, 9.17) is 4.74 Å². The number of ether oxygens (including phenoxy) is 1. The van der Waals surface area contributed by atoms with Crippen molar-refractivity contribution in [1.29, 1.82) is 0 Å². The molecule has 1 aromatic carbocycles. The van der Waals surface area contributed by atoms with Crippen molar-refractivity contribution in [3.63, 3.8) is 0 Å². The Balaban J connectivity index is 1.69.